The molecule has 8 heteroatoms. The smallest absolute Gasteiger partial charge is 0.255 e. The number of carbonyl (C=O) groups excluding carboxylic acids is 1. The van der Waals surface area contributed by atoms with Crippen LogP contribution < -0.4 is 5.32 Å². The van der Waals surface area contributed by atoms with E-state index in [0.29, 0.717) is 10.7 Å². The van der Waals surface area contributed by atoms with E-state index in [9.17, 15) is 13.2 Å². The highest BCUT2D eigenvalue weighted by Gasteiger charge is 2.19. The van der Waals surface area contributed by atoms with Crippen LogP contribution >= 0.6 is 23.4 Å². The summed E-state index contributed by atoms with van der Waals surface area (Å²) in [5, 5.41) is 3.58. The Labute approximate surface area is 186 Å². The van der Waals surface area contributed by atoms with Gasteiger partial charge in [0.1, 0.15) is 0 Å². The molecule has 0 saturated heterocycles. The number of hydrogen-bond donors (Lipinski definition) is 1. The lowest BCUT2D eigenvalue weighted by Gasteiger charge is -2.13. The fourth-order valence-electron chi connectivity index (χ4n) is 2.64. The SMILES string of the molecule is CN(C)S(=O)(=O)c1cccc(C(=O)Nc2ccccc2SCc2ccc(Cl)cc2)c1. The average molecular weight is 461 g/mol. The van der Waals surface area contributed by atoms with Crippen LogP contribution in [0.25, 0.3) is 0 Å². The van der Waals surface area contributed by atoms with Gasteiger partial charge < -0.3 is 5.32 Å². The van der Waals surface area contributed by atoms with Crippen LogP contribution in [0.5, 0.6) is 0 Å². The predicted molar refractivity (Wildman–Crippen MR) is 123 cm³/mol. The topological polar surface area (TPSA) is 66.5 Å². The first kappa shape index (κ1) is 22.4. The summed E-state index contributed by atoms with van der Waals surface area (Å²) >= 11 is 7.53. The number of hydrogen-bond acceptors (Lipinski definition) is 4. The molecule has 0 heterocycles. The minimum Gasteiger partial charge on any atom is -0.321 e. The Balaban J connectivity index is 1.77. The van der Waals surface area contributed by atoms with E-state index >= 15 is 0 Å². The van der Waals surface area contributed by atoms with Crippen LogP contribution in [0.2, 0.25) is 5.02 Å². The first-order chi connectivity index (χ1) is 14.3. The minimum atomic E-state index is -3.62. The van der Waals surface area contributed by atoms with Crippen molar-refractivity contribution in [1.29, 1.82) is 0 Å². The summed E-state index contributed by atoms with van der Waals surface area (Å²) in [6, 6.07) is 21.1. The van der Waals surface area contributed by atoms with E-state index < -0.39 is 10.0 Å². The number of nitrogens with zero attached hydrogens (tertiary/aromatic N) is 1. The number of thioether (sulfide) groups is 1. The highest BCUT2D eigenvalue weighted by atomic mass is 35.5. The van der Waals surface area contributed by atoms with Crippen LogP contribution in [0.4, 0.5) is 5.69 Å². The molecule has 3 aromatic rings. The van der Waals surface area contributed by atoms with Crippen LogP contribution in [0.1, 0.15) is 15.9 Å². The maximum atomic E-state index is 12.8. The number of rotatable bonds is 7. The summed E-state index contributed by atoms with van der Waals surface area (Å²) in [5.41, 5.74) is 2.06. The molecule has 156 valence electrons. The molecule has 0 aromatic heterocycles. The molecule has 0 bridgehead atoms. The maximum Gasteiger partial charge on any atom is 0.255 e. The number of carbonyl (C=O) groups is 1. The Bertz CT molecular complexity index is 1150. The molecule has 1 amide bonds. The van der Waals surface area contributed by atoms with E-state index in [1.165, 1.54) is 26.2 Å². The van der Waals surface area contributed by atoms with Crippen molar-refractivity contribution in [3.63, 3.8) is 0 Å². The van der Waals surface area contributed by atoms with Crippen molar-refractivity contribution in [2.45, 2.75) is 15.5 Å². The highest BCUT2D eigenvalue weighted by Crippen LogP contribution is 2.30. The lowest BCUT2D eigenvalue weighted by Crippen LogP contribution is -2.22. The molecule has 0 fully saturated rings. The average Bonchev–Trinajstić information content (AvgIpc) is 2.74. The van der Waals surface area contributed by atoms with E-state index in [4.69, 9.17) is 11.6 Å². The van der Waals surface area contributed by atoms with Crippen molar-refractivity contribution in [2.24, 2.45) is 0 Å². The van der Waals surface area contributed by atoms with E-state index in [0.717, 1.165) is 20.5 Å². The molecule has 0 radical (unpaired) electrons. The molecule has 30 heavy (non-hydrogen) atoms. The molecule has 1 N–H and O–H groups in total. The van der Waals surface area contributed by atoms with Gasteiger partial charge in [-0.3, -0.25) is 4.79 Å². The first-order valence-electron chi connectivity index (χ1n) is 9.07. The number of amides is 1. The highest BCUT2D eigenvalue weighted by molar-refractivity contribution is 7.98. The summed E-state index contributed by atoms with van der Waals surface area (Å²) < 4.78 is 25.8. The molecule has 0 spiro atoms. The fourth-order valence-corrected chi connectivity index (χ4v) is 4.68. The van der Waals surface area contributed by atoms with Crippen molar-refractivity contribution in [1.82, 2.24) is 4.31 Å². The van der Waals surface area contributed by atoms with Crippen LogP contribution in [-0.2, 0) is 15.8 Å². The molecular weight excluding hydrogens is 440 g/mol. The monoisotopic (exact) mass is 460 g/mol. The summed E-state index contributed by atoms with van der Waals surface area (Å²) in [5.74, 6) is 0.353. The number of para-hydroxylation sites is 1. The summed E-state index contributed by atoms with van der Waals surface area (Å²) in [4.78, 5) is 13.8. The number of halogens is 1. The second kappa shape index (κ2) is 9.66. The largest absolute Gasteiger partial charge is 0.321 e. The quantitative estimate of drug-likeness (QED) is 0.496. The van der Waals surface area contributed by atoms with Crippen LogP contribution in [0.3, 0.4) is 0 Å². The molecule has 5 nitrogen and oxygen atoms in total. The normalized spacial score (nSPS) is 11.5. The zero-order valence-electron chi connectivity index (χ0n) is 16.5. The first-order valence-corrected chi connectivity index (χ1v) is 11.9. The van der Waals surface area contributed by atoms with E-state index in [2.05, 4.69) is 5.32 Å². The number of nitrogens with one attached hydrogen (secondary N) is 1. The lowest BCUT2D eigenvalue weighted by molar-refractivity contribution is 0.102. The molecule has 3 aromatic carbocycles. The summed E-state index contributed by atoms with van der Waals surface area (Å²) in [6.45, 7) is 0. The van der Waals surface area contributed by atoms with Gasteiger partial charge in [0.15, 0.2) is 0 Å². The molecule has 0 atom stereocenters. The number of benzene rings is 3. The second-order valence-electron chi connectivity index (χ2n) is 6.68. The third-order valence-electron chi connectivity index (χ3n) is 4.32. The zero-order valence-corrected chi connectivity index (χ0v) is 18.9. The van der Waals surface area contributed by atoms with Crippen molar-refractivity contribution in [3.8, 4) is 0 Å². The van der Waals surface area contributed by atoms with Gasteiger partial charge in [-0.05, 0) is 48.0 Å². The van der Waals surface area contributed by atoms with Gasteiger partial charge in [0.25, 0.3) is 5.91 Å². The Kier molecular flexibility index (Phi) is 7.20. The molecule has 0 aliphatic rings. The Morgan fingerprint density at radius 1 is 1.00 bits per heavy atom. The molecular formula is C22H21ClN2O3S2. The zero-order chi connectivity index (χ0) is 21.7. The van der Waals surface area contributed by atoms with Crippen LogP contribution in [0.15, 0.2) is 82.6 Å². The third kappa shape index (κ3) is 5.43. The van der Waals surface area contributed by atoms with Crippen LogP contribution in [-0.4, -0.2) is 32.7 Å². The Morgan fingerprint density at radius 3 is 2.40 bits per heavy atom. The fraction of sp³-hybridized carbons (Fsp3) is 0.136. The van der Waals surface area contributed by atoms with Crippen molar-refractivity contribution >= 4 is 45.0 Å². The molecule has 3 rings (SSSR count). The Hall–Kier alpha value is -2.32. The maximum absolute atomic E-state index is 12.8. The number of anilines is 1. The third-order valence-corrected chi connectivity index (χ3v) is 7.53. The van der Waals surface area contributed by atoms with Crippen molar-refractivity contribution in [3.05, 3.63) is 88.9 Å². The van der Waals surface area contributed by atoms with Crippen molar-refractivity contribution in [2.75, 3.05) is 19.4 Å². The van der Waals surface area contributed by atoms with Crippen molar-refractivity contribution < 1.29 is 13.2 Å². The van der Waals surface area contributed by atoms with E-state index in [1.807, 2.05) is 48.5 Å². The lowest BCUT2D eigenvalue weighted by atomic mass is 10.2. The molecule has 0 saturated carbocycles. The van der Waals surface area contributed by atoms with E-state index in [1.54, 1.807) is 23.9 Å². The van der Waals surface area contributed by atoms with Gasteiger partial charge >= 0.3 is 0 Å². The van der Waals surface area contributed by atoms with Gasteiger partial charge in [0.2, 0.25) is 10.0 Å². The van der Waals surface area contributed by atoms with Crippen LogP contribution in [0, 0.1) is 0 Å². The summed E-state index contributed by atoms with van der Waals surface area (Å²) in [7, 11) is -0.707. The molecule has 0 unspecified atom stereocenters. The van der Waals surface area contributed by atoms with Gasteiger partial charge in [-0.25, -0.2) is 12.7 Å². The van der Waals surface area contributed by atoms with Gasteiger partial charge in [-0.2, -0.15) is 0 Å². The van der Waals surface area contributed by atoms with Gasteiger partial charge in [-0.15, -0.1) is 11.8 Å². The summed E-state index contributed by atoms with van der Waals surface area (Å²) in [6.07, 6.45) is 0. The molecule has 0 aliphatic carbocycles. The van der Waals surface area contributed by atoms with E-state index in [-0.39, 0.29) is 16.4 Å². The second-order valence-corrected chi connectivity index (χ2v) is 10.3. The number of sulfonamides is 1. The van der Waals surface area contributed by atoms with Gasteiger partial charge in [-0.1, -0.05) is 41.9 Å². The predicted octanol–water partition coefficient (Wildman–Crippen LogP) is 5.13. The molecule has 0 aliphatic heterocycles. The van der Waals surface area contributed by atoms with Gasteiger partial charge in [0, 0.05) is 35.3 Å². The standard InChI is InChI=1S/C22H21ClN2O3S2/c1-25(2)30(27,28)19-7-5-6-17(14-19)22(26)24-20-8-3-4-9-21(20)29-15-16-10-12-18(23)13-11-16/h3-14H,15H2,1-2H3,(H,24,26). The van der Waals surface area contributed by atoms with Gasteiger partial charge in [0.05, 0.1) is 10.6 Å². The Morgan fingerprint density at radius 2 is 1.70 bits per heavy atom. The minimum absolute atomic E-state index is 0.0746.